The van der Waals surface area contributed by atoms with Gasteiger partial charge in [0.1, 0.15) is 11.6 Å². The third kappa shape index (κ3) is 3.87. The molecular formula is C16H17FN6OS. The monoisotopic (exact) mass is 360 g/mol. The molecule has 0 spiro atoms. The van der Waals surface area contributed by atoms with Crippen LogP contribution >= 0.6 is 11.8 Å². The van der Waals surface area contributed by atoms with Gasteiger partial charge in [-0.05, 0) is 31.2 Å². The van der Waals surface area contributed by atoms with Crippen LogP contribution < -0.4 is 5.32 Å². The molecule has 9 heteroatoms. The minimum Gasteiger partial charge on any atom is -0.310 e. The molecule has 3 rings (SSSR count). The maximum absolute atomic E-state index is 13.0. The normalized spacial score (nSPS) is 10.9. The Morgan fingerprint density at radius 3 is 2.60 bits per heavy atom. The summed E-state index contributed by atoms with van der Waals surface area (Å²) in [7, 11) is 3.58. The number of aromatic nitrogens is 5. The zero-order valence-corrected chi connectivity index (χ0v) is 14.8. The molecule has 0 fully saturated rings. The van der Waals surface area contributed by atoms with E-state index in [4.69, 9.17) is 0 Å². The topological polar surface area (TPSA) is 77.6 Å². The quantitative estimate of drug-likeness (QED) is 0.707. The molecular weight excluding hydrogens is 343 g/mol. The van der Waals surface area contributed by atoms with E-state index in [1.807, 2.05) is 14.0 Å². The Morgan fingerprint density at radius 1 is 1.24 bits per heavy atom. The van der Waals surface area contributed by atoms with Gasteiger partial charge in [-0.15, -0.1) is 10.2 Å². The van der Waals surface area contributed by atoms with E-state index in [0.717, 1.165) is 11.3 Å². The van der Waals surface area contributed by atoms with Crippen LogP contribution in [0.15, 0.2) is 35.5 Å². The second-order valence-electron chi connectivity index (χ2n) is 5.50. The van der Waals surface area contributed by atoms with Crippen LogP contribution in [-0.2, 0) is 18.9 Å². The van der Waals surface area contributed by atoms with Gasteiger partial charge in [-0.2, -0.15) is 5.10 Å². The van der Waals surface area contributed by atoms with E-state index in [1.165, 1.54) is 23.9 Å². The smallest absolute Gasteiger partial charge is 0.235 e. The lowest BCUT2D eigenvalue weighted by atomic mass is 10.2. The van der Waals surface area contributed by atoms with E-state index in [-0.39, 0.29) is 17.5 Å². The summed E-state index contributed by atoms with van der Waals surface area (Å²) in [5.74, 6) is 1.000. The number of thioether (sulfide) groups is 1. The molecule has 130 valence electrons. The number of rotatable bonds is 5. The van der Waals surface area contributed by atoms with E-state index in [9.17, 15) is 9.18 Å². The first kappa shape index (κ1) is 17.2. The molecule has 1 amide bonds. The third-order valence-corrected chi connectivity index (χ3v) is 4.56. The highest BCUT2D eigenvalue weighted by Gasteiger charge is 2.14. The predicted octanol–water partition coefficient (Wildman–Crippen LogP) is 2.39. The van der Waals surface area contributed by atoms with Gasteiger partial charge in [0.15, 0.2) is 11.0 Å². The Labute approximate surface area is 148 Å². The Hall–Kier alpha value is -2.68. The largest absolute Gasteiger partial charge is 0.310 e. The number of amides is 1. The van der Waals surface area contributed by atoms with Crippen molar-refractivity contribution in [1.82, 2.24) is 24.5 Å². The summed E-state index contributed by atoms with van der Waals surface area (Å²) in [6.45, 7) is 1.86. The number of carbonyl (C=O) groups is 1. The van der Waals surface area contributed by atoms with Gasteiger partial charge in [0.05, 0.1) is 11.4 Å². The molecule has 0 aliphatic rings. The first-order valence-electron chi connectivity index (χ1n) is 7.52. The highest BCUT2D eigenvalue weighted by Crippen LogP contribution is 2.23. The summed E-state index contributed by atoms with van der Waals surface area (Å²) in [5.41, 5.74) is 1.60. The van der Waals surface area contributed by atoms with Crippen molar-refractivity contribution >= 4 is 23.5 Å². The van der Waals surface area contributed by atoms with E-state index >= 15 is 0 Å². The maximum atomic E-state index is 13.0. The minimum absolute atomic E-state index is 0.153. The molecule has 1 N–H and O–H groups in total. The summed E-state index contributed by atoms with van der Waals surface area (Å²) >= 11 is 1.28. The lowest BCUT2D eigenvalue weighted by molar-refractivity contribution is -0.113. The zero-order valence-electron chi connectivity index (χ0n) is 14.0. The van der Waals surface area contributed by atoms with E-state index < -0.39 is 0 Å². The van der Waals surface area contributed by atoms with Crippen molar-refractivity contribution in [1.29, 1.82) is 0 Å². The molecule has 3 aromatic rings. The van der Waals surface area contributed by atoms with Crippen molar-refractivity contribution in [3.05, 3.63) is 41.8 Å². The highest BCUT2D eigenvalue weighted by atomic mass is 32.2. The maximum Gasteiger partial charge on any atom is 0.235 e. The molecule has 0 unspecified atom stereocenters. The number of benzene rings is 1. The first-order chi connectivity index (χ1) is 11.9. The van der Waals surface area contributed by atoms with Gasteiger partial charge in [0.2, 0.25) is 5.91 Å². The number of nitrogens with zero attached hydrogens (tertiary/aromatic N) is 5. The number of halogens is 1. The summed E-state index contributed by atoms with van der Waals surface area (Å²) in [6, 6.07) is 7.84. The van der Waals surface area contributed by atoms with Crippen LogP contribution in [0.25, 0.3) is 11.4 Å². The number of nitrogens with one attached hydrogen (secondary N) is 1. The van der Waals surface area contributed by atoms with Crippen molar-refractivity contribution in [2.45, 2.75) is 12.1 Å². The van der Waals surface area contributed by atoms with Crippen molar-refractivity contribution in [2.24, 2.45) is 14.1 Å². The Balaban J connectivity index is 1.65. The van der Waals surface area contributed by atoms with Crippen LogP contribution in [0.1, 0.15) is 5.69 Å². The van der Waals surface area contributed by atoms with Gasteiger partial charge in [0, 0.05) is 25.7 Å². The zero-order chi connectivity index (χ0) is 18.0. The number of aryl methyl sites for hydroxylation is 2. The van der Waals surface area contributed by atoms with Crippen molar-refractivity contribution < 1.29 is 9.18 Å². The summed E-state index contributed by atoms with van der Waals surface area (Å²) in [4.78, 5) is 12.1. The van der Waals surface area contributed by atoms with Gasteiger partial charge >= 0.3 is 0 Å². The lowest BCUT2D eigenvalue weighted by Gasteiger charge is -2.05. The van der Waals surface area contributed by atoms with Gasteiger partial charge in [0.25, 0.3) is 0 Å². The first-order valence-corrected chi connectivity index (χ1v) is 8.51. The average Bonchev–Trinajstić information content (AvgIpc) is 3.08. The molecule has 2 heterocycles. The van der Waals surface area contributed by atoms with Crippen LogP contribution in [0.2, 0.25) is 0 Å². The molecule has 0 saturated heterocycles. The average molecular weight is 360 g/mol. The van der Waals surface area contributed by atoms with Crippen molar-refractivity contribution in [2.75, 3.05) is 11.1 Å². The summed E-state index contributed by atoms with van der Waals surface area (Å²) in [6.07, 6.45) is 0. The molecule has 0 radical (unpaired) electrons. The molecule has 0 aliphatic carbocycles. The van der Waals surface area contributed by atoms with Gasteiger partial charge in [-0.1, -0.05) is 11.8 Å². The van der Waals surface area contributed by atoms with Crippen LogP contribution in [0.4, 0.5) is 10.2 Å². The number of carbonyl (C=O) groups excluding carboxylic acids is 1. The standard InChI is InChI=1S/C16H17FN6OS/c1-10-8-13(23(3)21-10)18-14(24)9-25-16-20-19-15(22(16)2)11-4-6-12(17)7-5-11/h4-8H,9H2,1-3H3,(H,18,24). The van der Waals surface area contributed by atoms with Crippen molar-refractivity contribution in [3.63, 3.8) is 0 Å². The highest BCUT2D eigenvalue weighted by molar-refractivity contribution is 7.99. The third-order valence-electron chi connectivity index (χ3n) is 3.54. The second kappa shape index (κ2) is 7.06. The molecule has 0 bridgehead atoms. The number of hydrogen-bond donors (Lipinski definition) is 1. The van der Waals surface area contributed by atoms with Gasteiger partial charge in [-0.25, -0.2) is 4.39 Å². The van der Waals surface area contributed by atoms with Crippen LogP contribution in [-0.4, -0.2) is 36.2 Å². The number of anilines is 1. The van der Waals surface area contributed by atoms with Gasteiger partial charge in [-0.3, -0.25) is 9.48 Å². The summed E-state index contributed by atoms with van der Waals surface area (Å²) in [5, 5.41) is 15.8. The van der Waals surface area contributed by atoms with Crippen LogP contribution in [0, 0.1) is 12.7 Å². The SMILES string of the molecule is Cc1cc(NC(=O)CSc2nnc(-c3ccc(F)cc3)n2C)n(C)n1. The molecule has 7 nitrogen and oxygen atoms in total. The second-order valence-corrected chi connectivity index (χ2v) is 6.45. The van der Waals surface area contributed by atoms with Gasteiger partial charge < -0.3 is 9.88 Å². The fourth-order valence-electron chi connectivity index (χ4n) is 2.33. The molecule has 1 aromatic carbocycles. The molecule has 0 aliphatic heterocycles. The number of hydrogen-bond acceptors (Lipinski definition) is 5. The molecule has 0 saturated carbocycles. The van der Waals surface area contributed by atoms with E-state index in [0.29, 0.717) is 16.8 Å². The summed E-state index contributed by atoms with van der Waals surface area (Å²) < 4.78 is 16.4. The Bertz CT molecular complexity index is 902. The fraction of sp³-hybridized carbons (Fsp3) is 0.250. The Morgan fingerprint density at radius 2 is 1.96 bits per heavy atom. The lowest BCUT2D eigenvalue weighted by Crippen LogP contribution is -2.16. The Kier molecular flexibility index (Phi) is 4.84. The van der Waals surface area contributed by atoms with Crippen LogP contribution in [0.3, 0.4) is 0 Å². The minimum atomic E-state index is -0.303. The van der Waals surface area contributed by atoms with Crippen molar-refractivity contribution in [3.8, 4) is 11.4 Å². The van der Waals surface area contributed by atoms with E-state index in [2.05, 4.69) is 20.6 Å². The fourth-order valence-corrected chi connectivity index (χ4v) is 3.04. The molecule has 25 heavy (non-hydrogen) atoms. The molecule has 2 aromatic heterocycles. The van der Waals surface area contributed by atoms with Crippen LogP contribution in [0.5, 0.6) is 0 Å². The van der Waals surface area contributed by atoms with E-state index in [1.54, 1.807) is 34.5 Å². The predicted molar refractivity (Wildman–Crippen MR) is 93.7 cm³/mol. The molecule has 0 atom stereocenters.